The second kappa shape index (κ2) is 5.19. The summed E-state index contributed by atoms with van der Waals surface area (Å²) >= 11 is 5.97. The number of hydrogen-bond acceptors (Lipinski definition) is 2. The van der Waals surface area contributed by atoms with Gasteiger partial charge in [-0.25, -0.2) is 0 Å². The zero-order valence-electron chi connectivity index (χ0n) is 10.2. The van der Waals surface area contributed by atoms with E-state index in [1.54, 1.807) is 24.2 Å². The first-order chi connectivity index (χ1) is 8.59. The Balaban J connectivity index is 2.29. The fraction of sp³-hybridized carbons (Fsp3) is 0.143. The van der Waals surface area contributed by atoms with Crippen LogP contribution in [0.1, 0.15) is 15.9 Å². The Kier molecular flexibility index (Phi) is 3.63. The van der Waals surface area contributed by atoms with Crippen LogP contribution in [-0.2, 0) is 0 Å². The highest BCUT2D eigenvalue weighted by Crippen LogP contribution is 2.20. The molecule has 0 radical (unpaired) electrons. The summed E-state index contributed by atoms with van der Waals surface area (Å²) < 4.78 is 0. The van der Waals surface area contributed by atoms with Gasteiger partial charge in [-0.1, -0.05) is 29.3 Å². The van der Waals surface area contributed by atoms with Crippen LogP contribution in [0.5, 0.6) is 0 Å². The molecule has 0 atom stereocenters. The Bertz CT molecular complexity index is 566. The van der Waals surface area contributed by atoms with Crippen LogP contribution in [0, 0.1) is 6.92 Å². The summed E-state index contributed by atoms with van der Waals surface area (Å²) in [5.74, 6) is -0.147. The maximum absolute atomic E-state index is 12.3. The second-order valence-corrected chi connectivity index (χ2v) is 4.46. The Morgan fingerprint density at radius 1 is 1.22 bits per heavy atom. The lowest BCUT2D eigenvalue weighted by Crippen LogP contribution is -2.26. The predicted molar refractivity (Wildman–Crippen MR) is 73.2 cm³/mol. The van der Waals surface area contributed by atoms with E-state index in [4.69, 9.17) is 11.6 Å². The van der Waals surface area contributed by atoms with E-state index >= 15 is 0 Å². The van der Waals surface area contributed by atoms with Crippen molar-refractivity contribution in [3.05, 3.63) is 58.9 Å². The molecule has 0 aliphatic carbocycles. The second-order valence-electron chi connectivity index (χ2n) is 4.06. The summed E-state index contributed by atoms with van der Waals surface area (Å²) in [4.78, 5) is 17.7. The van der Waals surface area contributed by atoms with Crippen molar-refractivity contribution in [2.75, 3.05) is 11.9 Å². The number of aromatic nitrogens is 1. The van der Waals surface area contributed by atoms with Gasteiger partial charge in [0.05, 0.1) is 10.6 Å². The van der Waals surface area contributed by atoms with Gasteiger partial charge >= 0.3 is 0 Å². The Morgan fingerprint density at radius 2 is 1.89 bits per heavy atom. The molecule has 1 heterocycles. The minimum Gasteiger partial charge on any atom is -0.311 e. The monoisotopic (exact) mass is 260 g/mol. The normalized spacial score (nSPS) is 10.2. The largest absolute Gasteiger partial charge is 0.311 e. The molecular weight excluding hydrogens is 248 g/mol. The SMILES string of the molecule is Cc1ccc(N(C)C(=O)c2ccncc2Cl)cc1. The van der Waals surface area contributed by atoms with Crippen molar-refractivity contribution >= 4 is 23.2 Å². The van der Waals surface area contributed by atoms with Gasteiger partial charge in [0.2, 0.25) is 0 Å². The number of pyridine rings is 1. The van der Waals surface area contributed by atoms with Crippen molar-refractivity contribution in [3.8, 4) is 0 Å². The Hall–Kier alpha value is -1.87. The number of amides is 1. The third-order valence-electron chi connectivity index (χ3n) is 2.73. The quantitative estimate of drug-likeness (QED) is 0.830. The molecule has 0 aliphatic heterocycles. The topological polar surface area (TPSA) is 33.2 Å². The maximum Gasteiger partial charge on any atom is 0.259 e. The molecule has 1 aromatic carbocycles. The molecule has 1 aromatic heterocycles. The molecule has 0 saturated carbocycles. The van der Waals surface area contributed by atoms with Crippen LogP contribution in [0.2, 0.25) is 5.02 Å². The van der Waals surface area contributed by atoms with Crippen molar-refractivity contribution < 1.29 is 4.79 Å². The van der Waals surface area contributed by atoms with Crippen molar-refractivity contribution in [1.82, 2.24) is 4.98 Å². The first kappa shape index (κ1) is 12.6. The summed E-state index contributed by atoms with van der Waals surface area (Å²) in [6.45, 7) is 2.01. The lowest BCUT2D eigenvalue weighted by molar-refractivity contribution is 0.0993. The standard InChI is InChI=1S/C14H13ClN2O/c1-10-3-5-11(6-4-10)17(2)14(18)12-7-8-16-9-13(12)15/h3-9H,1-2H3. The van der Waals surface area contributed by atoms with Crippen LogP contribution in [0.3, 0.4) is 0 Å². The molecule has 0 unspecified atom stereocenters. The van der Waals surface area contributed by atoms with Gasteiger partial charge in [0.25, 0.3) is 5.91 Å². The molecule has 0 spiro atoms. The Labute approximate surface area is 111 Å². The van der Waals surface area contributed by atoms with E-state index in [-0.39, 0.29) is 5.91 Å². The fourth-order valence-electron chi connectivity index (χ4n) is 1.61. The minimum atomic E-state index is -0.147. The number of carbonyl (C=O) groups excluding carboxylic acids is 1. The zero-order chi connectivity index (χ0) is 13.1. The van der Waals surface area contributed by atoms with Gasteiger partial charge in [-0.15, -0.1) is 0 Å². The highest BCUT2D eigenvalue weighted by atomic mass is 35.5. The first-order valence-corrected chi connectivity index (χ1v) is 5.91. The molecule has 0 fully saturated rings. The molecule has 1 amide bonds. The van der Waals surface area contributed by atoms with Crippen LogP contribution in [-0.4, -0.2) is 17.9 Å². The minimum absolute atomic E-state index is 0.147. The van der Waals surface area contributed by atoms with Gasteiger partial charge in [0.15, 0.2) is 0 Å². The van der Waals surface area contributed by atoms with Crippen LogP contribution < -0.4 is 4.90 Å². The van der Waals surface area contributed by atoms with Crippen molar-refractivity contribution in [3.63, 3.8) is 0 Å². The number of anilines is 1. The molecule has 2 rings (SSSR count). The molecule has 4 heteroatoms. The van der Waals surface area contributed by atoms with Crippen LogP contribution in [0.4, 0.5) is 5.69 Å². The van der Waals surface area contributed by atoms with Crippen LogP contribution in [0.15, 0.2) is 42.7 Å². The van der Waals surface area contributed by atoms with Gasteiger partial charge in [-0.2, -0.15) is 0 Å². The average Bonchev–Trinajstić information content (AvgIpc) is 2.38. The Morgan fingerprint density at radius 3 is 2.50 bits per heavy atom. The molecule has 0 N–H and O–H groups in total. The highest BCUT2D eigenvalue weighted by molar-refractivity contribution is 6.34. The van der Waals surface area contributed by atoms with E-state index < -0.39 is 0 Å². The van der Waals surface area contributed by atoms with E-state index in [1.165, 1.54) is 6.20 Å². The van der Waals surface area contributed by atoms with Gasteiger partial charge < -0.3 is 4.90 Å². The number of benzene rings is 1. The van der Waals surface area contributed by atoms with Crippen molar-refractivity contribution in [1.29, 1.82) is 0 Å². The lowest BCUT2D eigenvalue weighted by Gasteiger charge is -2.18. The number of rotatable bonds is 2. The highest BCUT2D eigenvalue weighted by Gasteiger charge is 2.16. The van der Waals surface area contributed by atoms with E-state index in [0.29, 0.717) is 10.6 Å². The molecule has 0 bridgehead atoms. The number of aryl methyl sites for hydroxylation is 1. The molecular formula is C14H13ClN2O. The van der Waals surface area contributed by atoms with E-state index in [9.17, 15) is 4.79 Å². The van der Waals surface area contributed by atoms with Crippen molar-refractivity contribution in [2.45, 2.75) is 6.92 Å². The van der Waals surface area contributed by atoms with Gasteiger partial charge in [0.1, 0.15) is 0 Å². The summed E-state index contributed by atoms with van der Waals surface area (Å²) in [7, 11) is 1.73. The summed E-state index contributed by atoms with van der Waals surface area (Å²) in [6.07, 6.45) is 3.03. The average molecular weight is 261 g/mol. The molecule has 18 heavy (non-hydrogen) atoms. The van der Waals surface area contributed by atoms with E-state index in [0.717, 1.165) is 11.3 Å². The summed E-state index contributed by atoms with van der Waals surface area (Å²) in [5.41, 5.74) is 2.44. The van der Waals surface area contributed by atoms with E-state index in [2.05, 4.69) is 4.98 Å². The number of nitrogens with zero attached hydrogens (tertiary/aromatic N) is 2. The molecule has 0 aliphatic rings. The fourth-order valence-corrected chi connectivity index (χ4v) is 1.82. The maximum atomic E-state index is 12.3. The van der Waals surface area contributed by atoms with Crippen LogP contribution in [0.25, 0.3) is 0 Å². The third kappa shape index (κ3) is 2.51. The predicted octanol–water partition coefficient (Wildman–Crippen LogP) is 3.32. The van der Waals surface area contributed by atoms with Crippen molar-refractivity contribution in [2.24, 2.45) is 0 Å². The molecule has 2 aromatic rings. The first-order valence-electron chi connectivity index (χ1n) is 5.54. The van der Waals surface area contributed by atoms with Gasteiger partial charge in [-0.05, 0) is 25.1 Å². The third-order valence-corrected chi connectivity index (χ3v) is 3.03. The lowest BCUT2D eigenvalue weighted by atomic mass is 10.2. The molecule has 0 saturated heterocycles. The number of hydrogen-bond donors (Lipinski definition) is 0. The molecule has 3 nitrogen and oxygen atoms in total. The smallest absolute Gasteiger partial charge is 0.259 e. The number of carbonyl (C=O) groups is 1. The zero-order valence-corrected chi connectivity index (χ0v) is 11.0. The van der Waals surface area contributed by atoms with E-state index in [1.807, 2.05) is 31.2 Å². The van der Waals surface area contributed by atoms with Crippen LogP contribution >= 0.6 is 11.6 Å². The number of halogens is 1. The molecule has 92 valence electrons. The summed E-state index contributed by atoms with van der Waals surface area (Å²) in [6, 6.07) is 9.36. The summed E-state index contributed by atoms with van der Waals surface area (Å²) in [5, 5.41) is 0.362. The van der Waals surface area contributed by atoms with Gasteiger partial charge in [0, 0.05) is 25.1 Å². The van der Waals surface area contributed by atoms with Gasteiger partial charge in [-0.3, -0.25) is 9.78 Å².